The molecule has 1 N–H and O–H groups in total. The summed E-state index contributed by atoms with van der Waals surface area (Å²) in [6.45, 7) is 5.99. The maximum Gasteiger partial charge on any atom is 0.259 e. The fourth-order valence-corrected chi connectivity index (χ4v) is 1.92. The predicted molar refractivity (Wildman–Crippen MR) is 71.9 cm³/mol. The van der Waals surface area contributed by atoms with Crippen LogP contribution >= 0.6 is 0 Å². The van der Waals surface area contributed by atoms with Gasteiger partial charge < -0.3 is 9.73 Å². The van der Waals surface area contributed by atoms with E-state index >= 15 is 0 Å². The van der Waals surface area contributed by atoms with Crippen LogP contribution in [0, 0.1) is 6.92 Å². The largest absolute Gasteiger partial charge is 0.469 e. The summed E-state index contributed by atoms with van der Waals surface area (Å²) in [7, 11) is 0. The molecule has 1 amide bonds. The number of carbonyl (C=O) groups excluding carboxylic acids is 1. The molecule has 0 aliphatic heterocycles. The van der Waals surface area contributed by atoms with Crippen molar-refractivity contribution in [3.8, 4) is 0 Å². The molecular weight excluding hydrogens is 226 g/mol. The standard InChI is InChI=1S/C15H17NO2/c1-10(2)12-6-4-5-7-14(12)16-15(17)13-8-9-18-11(13)3/h4-10H,1-3H3,(H,16,17). The monoisotopic (exact) mass is 243 g/mol. The van der Waals surface area contributed by atoms with Crippen molar-refractivity contribution < 1.29 is 9.21 Å². The highest BCUT2D eigenvalue weighted by Gasteiger charge is 2.14. The molecule has 0 aliphatic rings. The van der Waals surface area contributed by atoms with E-state index < -0.39 is 0 Å². The van der Waals surface area contributed by atoms with E-state index in [9.17, 15) is 4.79 Å². The van der Waals surface area contributed by atoms with Crippen LogP contribution in [-0.4, -0.2) is 5.91 Å². The van der Waals surface area contributed by atoms with E-state index in [1.165, 1.54) is 6.26 Å². The topological polar surface area (TPSA) is 42.2 Å². The van der Waals surface area contributed by atoms with E-state index in [0.29, 0.717) is 17.2 Å². The van der Waals surface area contributed by atoms with Crippen molar-refractivity contribution in [2.24, 2.45) is 0 Å². The van der Waals surface area contributed by atoms with Gasteiger partial charge in [-0.2, -0.15) is 0 Å². The third-order valence-corrected chi connectivity index (χ3v) is 2.93. The highest BCUT2D eigenvalue weighted by molar-refractivity contribution is 6.05. The molecule has 3 nitrogen and oxygen atoms in total. The van der Waals surface area contributed by atoms with Crippen LogP contribution in [0.25, 0.3) is 0 Å². The van der Waals surface area contributed by atoms with Crippen molar-refractivity contribution >= 4 is 11.6 Å². The van der Waals surface area contributed by atoms with E-state index in [2.05, 4.69) is 19.2 Å². The summed E-state index contributed by atoms with van der Waals surface area (Å²) in [5.41, 5.74) is 2.57. The van der Waals surface area contributed by atoms with Crippen LogP contribution in [0.5, 0.6) is 0 Å². The molecule has 94 valence electrons. The predicted octanol–water partition coefficient (Wildman–Crippen LogP) is 3.96. The number of para-hydroxylation sites is 1. The molecule has 1 aromatic carbocycles. The fourth-order valence-electron chi connectivity index (χ4n) is 1.92. The van der Waals surface area contributed by atoms with Gasteiger partial charge in [0, 0.05) is 5.69 Å². The summed E-state index contributed by atoms with van der Waals surface area (Å²) < 4.78 is 5.14. The van der Waals surface area contributed by atoms with Crippen LogP contribution < -0.4 is 5.32 Å². The second kappa shape index (κ2) is 5.08. The third kappa shape index (κ3) is 2.45. The Morgan fingerprint density at radius 3 is 2.56 bits per heavy atom. The van der Waals surface area contributed by atoms with E-state index in [-0.39, 0.29) is 5.91 Å². The highest BCUT2D eigenvalue weighted by atomic mass is 16.3. The highest BCUT2D eigenvalue weighted by Crippen LogP contribution is 2.24. The van der Waals surface area contributed by atoms with Crippen molar-refractivity contribution in [2.75, 3.05) is 5.32 Å². The van der Waals surface area contributed by atoms with Gasteiger partial charge in [0.05, 0.1) is 11.8 Å². The molecule has 0 bridgehead atoms. The summed E-state index contributed by atoms with van der Waals surface area (Å²) in [6, 6.07) is 9.53. The molecule has 18 heavy (non-hydrogen) atoms. The number of rotatable bonds is 3. The second-order valence-corrected chi connectivity index (χ2v) is 4.59. The number of anilines is 1. The SMILES string of the molecule is Cc1occc1C(=O)Nc1ccccc1C(C)C. The molecule has 1 heterocycles. The Balaban J connectivity index is 2.25. The molecule has 0 saturated heterocycles. The summed E-state index contributed by atoms with van der Waals surface area (Å²) in [5.74, 6) is 0.871. The lowest BCUT2D eigenvalue weighted by molar-refractivity contribution is 0.102. The number of hydrogen-bond donors (Lipinski definition) is 1. The smallest absolute Gasteiger partial charge is 0.259 e. The number of furan rings is 1. The number of benzene rings is 1. The Hall–Kier alpha value is -2.03. The Bertz CT molecular complexity index is 555. The third-order valence-electron chi connectivity index (χ3n) is 2.93. The van der Waals surface area contributed by atoms with Crippen LogP contribution in [0.15, 0.2) is 41.0 Å². The number of carbonyl (C=O) groups is 1. The molecule has 2 aromatic rings. The van der Waals surface area contributed by atoms with Gasteiger partial charge in [-0.05, 0) is 30.5 Å². The van der Waals surface area contributed by atoms with Crippen molar-refractivity contribution in [3.63, 3.8) is 0 Å². The van der Waals surface area contributed by atoms with Gasteiger partial charge >= 0.3 is 0 Å². The quantitative estimate of drug-likeness (QED) is 0.886. The first-order valence-electron chi connectivity index (χ1n) is 6.04. The maximum atomic E-state index is 12.1. The molecule has 2 rings (SSSR count). The number of aryl methyl sites for hydroxylation is 1. The van der Waals surface area contributed by atoms with Gasteiger partial charge in [-0.15, -0.1) is 0 Å². The van der Waals surface area contributed by atoms with E-state index in [1.54, 1.807) is 13.0 Å². The van der Waals surface area contributed by atoms with Gasteiger partial charge in [-0.3, -0.25) is 4.79 Å². The minimum Gasteiger partial charge on any atom is -0.469 e. The Kier molecular flexibility index (Phi) is 3.51. The molecule has 1 aromatic heterocycles. The Labute approximate surface area is 107 Å². The van der Waals surface area contributed by atoms with Gasteiger partial charge in [0.15, 0.2) is 0 Å². The summed E-state index contributed by atoms with van der Waals surface area (Å²) in [4.78, 5) is 12.1. The van der Waals surface area contributed by atoms with Crippen molar-refractivity contribution in [1.29, 1.82) is 0 Å². The number of amides is 1. The molecule has 0 fully saturated rings. The molecule has 0 radical (unpaired) electrons. The van der Waals surface area contributed by atoms with Gasteiger partial charge in [-0.1, -0.05) is 32.0 Å². The lowest BCUT2D eigenvalue weighted by Crippen LogP contribution is -2.13. The van der Waals surface area contributed by atoms with Crippen LogP contribution in [0.1, 0.15) is 41.4 Å². The first-order chi connectivity index (χ1) is 8.59. The van der Waals surface area contributed by atoms with E-state index in [4.69, 9.17) is 4.42 Å². The second-order valence-electron chi connectivity index (χ2n) is 4.59. The molecule has 3 heteroatoms. The average Bonchev–Trinajstić information content (AvgIpc) is 2.76. The number of hydrogen-bond acceptors (Lipinski definition) is 2. The molecule has 0 aliphatic carbocycles. The van der Waals surface area contributed by atoms with Crippen LogP contribution in [0.3, 0.4) is 0 Å². The van der Waals surface area contributed by atoms with E-state index in [1.807, 2.05) is 24.3 Å². The first-order valence-corrected chi connectivity index (χ1v) is 6.04. The Morgan fingerprint density at radius 2 is 1.94 bits per heavy atom. The van der Waals surface area contributed by atoms with Crippen molar-refractivity contribution in [2.45, 2.75) is 26.7 Å². The van der Waals surface area contributed by atoms with E-state index in [0.717, 1.165) is 11.3 Å². The van der Waals surface area contributed by atoms with Crippen molar-refractivity contribution in [3.05, 3.63) is 53.5 Å². The van der Waals surface area contributed by atoms with Crippen LogP contribution in [-0.2, 0) is 0 Å². The summed E-state index contributed by atoms with van der Waals surface area (Å²) in [6.07, 6.45) is 1.53. The molecule has 0 atom stereocenters. The summed E-state index contributed by atoms with van der Waals surface area (Å²) >= 11 is 0. The van der Waals surface area contributed by atoms with Gasteiger partial charge in [0.2, 0.25) is 0 Å². The minimum atomic E-state index is -0.130. The fraction of sp³-hybridized carbons (Fsp3) is 0.267. The molecule has 0 spiro atoms. The average molecular weight is 243 g/mol. The van der Waals surface area contributed by atoms with Gasteiger partial charge in [0.1, 0.15) is 5.76 Å². The minimum absolute atomic E-state index is 0.130. The zero-order valence-corrected chi connectivity index (χ0v) is 10.9. The van der Waals surface area contributed by atoms with Gasteiger partial charge in [-0.25, -0.2) is 0 Å². The van der Waals surface area contributed by atoms with Gasteiger partial charge in [0.25, 0.3) is 5.91 Å². The Morgan fingerprint density at radius 1 is 1.22 bits per heavy atom. The number of nitrogens with one attached hydrogen (secondary N) is 1. The zero-order chi connectivity index (χ0) is 13.1. The molecule has 0 unspecified atom stereocenters. The zero-order valence-electron chi connectivity index (χ0n) is 10.9. The normalized spacial score (nSPS) is 10.7. The molecule has 0 saturated carbocycles. The van der Waals surface area contributed by atoms with Crippen molar-refractivity contribution in [1.82, 2.24) is 0 Å². The maximum absolute atomic E-state index is 12.1. The van der Waals surface area contributed by atoms with Crippen LogP contribution in [0.2, 0.25) is 0 Å². The lowest BCUT2D eigenvalue weighted by atomic mass is 10.0. The summed E-state index contributed by atoms with van der Waals surface area (Å²) in [5, 5.41) is 2.94. The molecular formula is C15H17NO2. The first kappa shape index (κ1) is 12.4. The van der Waals surface area contributed by atoms with Crippen LogP contribution in [0.4, 0.5) is 5.69 Å². The lowest BCUT2D eigenvalue weighted by Gasteiger charge is -2.13.